The van der Waals surface area contributed by atoms with Crippen molar-refractivity contribution in [1.29, 1.82) is 0 Å². The van der Waals surface area contributed by atoms with Gasteiger partial charge in [0.15, 0.2) is 6.10 Å². The number of ether oxygens (including phenoxy) is 1. The number of carbonyl (C=O) groups is 3. The monoisotopic (exact) mass is 336 g/mol. The van der Waals surface area contributed by atoms with Gasteiger partial charge < -0.3 is 10.1 Å². The Labute approximate surface area is 138 Å². The standard InChI is InChI=1S/C16H20N2O4S/c1-9-3-4-12-11(7-9)8-13(23-12)15(20)22-10(2)14(19)18-6-5-17-16(18)21/h8-10H,3-7H2,1-2H3,(H,17,21). The number of nitrogens with one attached hydrogen (secondary N) is 1. The zero-order valence-electron chi connectivity index (χ0n) is 13.3. The Morgan fingerprint density at radius 2 is 2.26 bits per heavy atom. The van der Waals surface area contributed by atoms with Crippen LogP contribution in [0.15, 0.2) is 6.07 Å². The summed E-state index contributed by atoms with van der Waals surface area (Å²) >= 11 is 1.45. The van der Waals surface area contributed by atoms with E-state index in [1.165, 1.54) is 28.7 Å². The molecule has 3 rings (SSSR count). The minimum atomic E-state index is -0.968. The Hall–Kier alpha value is -1.89. The van der Waals surface area contributed by atoms with Gasteiger partial charge in [-0.3, -0.25) is 9.69 Å². The number of carbonyl (C=O) groups excluding carboxylic acids is 3. The van der Waals surface area contributed by atoms with Crippen LogP contribution in [0.1, 0.15) is 40.4 Å². The first kappa shape index (κ1) is 16.0. The molecule has 2 heterocycles. The Bertz CT molecular complexity index is 655. The quantitative estimate of drug-likeness (QED) is 0.856. The molecular weight excluding hydrogens is 316 g/mol. The van der Waals surface area contributed by atoms with Crippen LogP contribution < -0.4 is 5.32 Å². The first-order valence-electron chi connectivity index (χ1n) is 7.87. The van der Waals surface area contributed by atoms with Crippen molar-refractivity contribution in [2.24, 2.45) is 5.92 Å². The van der Waals surface area contributed by atoms with Crippen LogP contribution in [0.5, 0.6) is 0 Å². The van der Waals surface area contributed by atoms with Gasteiger partial charge in [-0.05, 0) is 43.7 Å². The Balaban J connectivity index is 1.65. The molecule has 0 bridgehead atoms. The van der Waals surface area contributed by atoms with E-state index in [0.29, 0.717) is 23.9 Å². The van der Waals surface area contributed by atoms with E-state index in [-0.39, 0.29) is 0 Å². The minimum absolute atomic E-state index is 0.310. The highest BCUT2D eigenvalue weighted by Gasteiger charge is 2.32. The second-order valence-corrected chi connectivity index (χ2v) is 7.31. The van der Waals surface area contributed by atoms with Crippen molar-refractivity contribution in [3.63, 3.8) is 0 Å². The van der Waals surface area contributed by atoms with Crippen LogP contribution in [0.3, 0.4) is 0 Å². The van der Waals surface area contributed by atoms with E-state index in [1.54, 1.807) is 0 Å². The molecule has 1 aromatic heterocycles. The third kappa shape index (κ3) is 3.24. The van der Waals surface area contributed by atoms with Gasteiger partial charge in [0.1, 0.15) is 4.88 Å². The predicted octanol–water partition coefficient (Wildman–Crippen LogP) is 1.97. The van der Waals surface area contributed by atoms with Gasteiger partial charge >= 0.3 is 12.0 Å². The molecule has 1 aliphatic carbocycles. The molecule has 0 spiro atoms. The van der Waals surface area contributed by atoms with Crippen LogP contribution in [-0.2, 0) is 22.4 Å². The van der Waals surface area contributed by atoms with Crippen molar-refractivity contribution in [2.75, 3.05) is 13.1 Å². The maximum atomic E-state index is 12.3. The van der Waals surface area contributed by atoms with Gasteiger partial charge in [0, 0.05) is 18.0 Å². The predicted molar refractivity (Wildman–Crippen MR) is 85.5 cm³/mol. The molecule has 2 unspecified atom stereocenters. The number of esters is 1. The van der Waals surface area contributed by atoms with Gasteiger partial charge in [0.2, 0.25) is 0 Å². The zero-order chi connectivity index (χ0) is 16.6. The highest BCUT2D eigenvalue weighted by Crippen LogP contribution is 2.32. The number of rotatable bonds is 3. The van der Waals surface area contributed by atoms with Crippen LogP contribution in [0.4, 0.5) is 4.79 Å². The van der Waals surface area contributed by atoms with Crippen molar-refractivity contribution >= 4 is 29.2 Å². The van der Waals surface area contributed by atoms with Crippen molar-refractivity contribution in [3.05, 3.63) is 21.4 Å². The molecule has 0 saturated carbocycles. The summed E-state index contributed by atoms with van der Waals surface area (Å²) < 4.78 is 5.26. The third-order valence-corrected chi connectivity index (χ3v) is 5.50. The van der Waals surface area contributed by atoms with Gasteiger partial charge in [-0.1, -0.05) is 6.92 Å². The van der Waals surface area contributed by atoms with E-state index in [9.17, 15) is 14.4 Å². The smallest absolute Gasteiger partial charge is 0.349 e. The minimum Gasteiger partial charge on any atom is -0.448 e. The van der Waals surface area contributed by atoms with Crippen molar-refractivity contribution in [3.8, 4) is 0 Å². The van der Waals surface area contributed by atoms with Gasteiger partial charge in [0.25, 0.3) is 5.91 Å². The number of aryl methyl sites for hydroxylation is 1. The lowest BCUT2D eigenvalue weighted by Crippen LogP contribution is -2.41. The summed E-state index contributed by atoms with van der Waals surface area (Å²) in [6.07, 6.45) is 2.16. The maximum absolute atomic E-state index is 12.3. The molecule has 1 fully saturated rings. The van der Waals surface area contributed by atoms with Gasteiger partial charge in [-0.25, -0.2) is 9.59 Å². The van der Waals surface area contributed by atoms with Gasteiger partial charge in [-0.15, -0.1) is 11.3 Å². The van der Waals surface area contributed by atoms with E-state index in [4.69, 9.17) is 4.74 Å². The van der Waals surface area contributed by atoms with Crippen molar-refractivity contribution < 1.29 is 19.1 Å². The van der Waals surface area contributed by atoms with Crippen molar-refractivity contribution in [2.45, 2.75) is 39.2 Å². The average Bonchev–Trinajstić information content (AvgIpc) is 3.11. The van der Waals surface area contributed by atoms with Crippen LogP contribution >= 0.6 is 11.3 Å². The van der Waals surface area contributed by atoms with Gasteiger partial charge in [-0.2, -0.15) is 0 Å². The van der Waals surface area contributed by atoms with Crippen molar-refractivity contribution in [1.82, 2.24) is 10.2 Å². The van der Waals surface area contributed by atoms with E-state index < -0.39 is 24.0 Å². The van der Waals surface area contributed by atoms with E-state index in [0.717, 1.165) is 24.2 Å². The summed E-state index contributed by atoms with van der Waals surface area (Å²) in [4.78, 5) is 38.8. The second-order valence-electron chi connectivity index (χ2n) is 6.18. The molecule has 6 nitrogen and oxygen atoms in total. The molecule has 7 heteroatoms. The normalized spacial score (nSPS) is 21.6. The Kier molecular flexibility index (Phi) is 4.39. The summed E-state index contributed by atoms with van der Waals surface area (Å²) in [5.41, 5.74) is 1.22. The zero-order valence-corrected chi connectivity index (χ0v) is 14.1. The molecule has 2 aliphatic rings. The van der Waals surface area contributed by atoms with Crippen LogP contribution in [0.2, 0.25) is 0 Å². The third-order valence-electron chi connectivity index (χ3n) is 4.28. The van der Waals surface area contributed by atoms with Crippen LogP contribution in [0, 0.1) is 5.92 Å². The summed E-state index contributed by atoms with van der Waals surface area (Å²) in [5, 5.41) is 2.56. The van der Waals surface area contributed by atoms with Crippen LogP contribution in [-0.4, -0.2) is 42.0 Å². The Morgan fingerprint density at radius 1 is 1.48 bits per heavy atom. The summed E-state index contributed by atoms with van der Waals surface area (Å²) in [6.45, 7) is 4.45. The number of fused-ring (bicyclic) bond motifs is 1. The molecule has 1 saturated heterocycles. The molecule has 3 amide bonds. The second kappa shape index (κ2) is 6.31. The fourth-order valence-electron chi connectivity index (χ4n) is 2.98. The van der Waals surface area contributed by atoms with Gasteiger partial charge in [0.05, 0.1) is 0 Å². The average molecular weight is 336 g/mol. The molecule has 0 radical (unpaired) electrons. The molecule has 0 aromatic carbocycles. The summed E-state index contributed by atoms with van der Waals surface area (Å²) in [5.74, 6) is -0.337. The fourth-order valence-corrected chi connectivity index (χ4v) is 4.07. The lowest BCUT2D eigenvalue weighted by molar-refractivity contribution is -0.135. The molecule has 124 valence electrons. The number of imide groups is 1. The summed E-state index contributed by atoms with van der Waals surface area (Å²) in [7, 11) is 0. The van der Waals surface area contributed by atoms with E-state index >= 15 is 0 Å². The molecule has 1 N–H and O–H groups in total. The highest BCUT2D eigenvalue weighted by atomic mass is 32.1. The largest absolute Gasteiger partial charge is 0.448 e. The maximum Gasteiger partial charge on any atom is 0.349 e. The number of hydrogen-bond acceptors (Lipinski definition) is 5. The first-order valence-corrected chi connectivity index (χ1v) is 8.69. The Morgan fingerprint density at radius 3 is 2.96 bits per heavy atom. The summed E-state index contributed by atoms with van der Waals surface area (Å²) in [6, 6.07) is 1.45. The molecule has 23 heavy (non-hydrogen) atoms. The van der Waals surface area contributed by atoms with E-state index in [1.807, 2.05) is 6.07 Å². The van der Waals surface area contributed by atoms with Crippen LogP contribution in [0.25, 0.3) is 0 Å². The highest BCUT2D eigenvalue weighted by molar-refractivity contribution is 7.14. The molecule has 1 aliphatic heterocycles. The number of nitrogens with zero attached hydrogens (tertiary/aromatic N) is 1. The van der Waals surface area contributed by atoms with E-state index in [2.05, 4.69) is 12.2 Å². The molecule has 2 atom stereocenters. The topological polar surface area (TPSA) is 75.7 Å². The number of amides is 3. The number of hydrogen-bond donors (Lipinski definition) is 1. The lowest BCUT2D eigenvalue weighted by atomic mass is 9.90. The lowest BCUT2D eigenvalue weighted by Gasteiger charge is -2.17. The molecular formula is C16H20N2O4S. The number of urea groups is 1. The first-order chi connectivity index (χ1) is 11.0. The SMILES string of the molecule is CC1CCc2sc(C(=O)OC(C)C(=O)N3CCNC3=O)cc2C1. The fraction of sp³-hybridized carbons (Fsp3) is 0.562. The number of thiophene rings is 1. The molecule has 1 aromatic rings.